The van der Waals surface area contributed by atoms with E-state index in [0.29, 0.717) is 17.8 Å². The number of rotatable bonds is 5. The maximum absolute atomic E-state index is 12.3. The molecule has 0 saturated carbocycles. The third-order valence-electron chi connectivity index (χ3n) is 4.51. The second-order valence-corrected chi connectivity index (χ2v) is 6.80. The van der Waals surface area contributed by atoms with Gasteiger partial charge in [0.1, 0.15) is 0 Å². The van der Waals surface area contributed by atoms with Crippen molar-refractivity contribution in [3.8, 4) is 0 Å². The quantitative estimate of drug-likeness (QED) is 0.819. The first-order valence-electron chi connectivity index (χ1n) is 8.65. The SMILES string of the molecule is CC(=O)c1ccc(NC(=O)CN2CCN(c3ccccc3Cl)CC2)cc1. The van der Waals surface area contributed by atoms with E-state index >= 15 is 0 Å². The van der Waals surface area contributed by atoms with E-state index in [2.05, 4.69) is 15.1 Å². The smallest absolute Gasteiger partial charge is 0.238 e. The fraction of sp³-hybridized carbons (Fsp3) is 0.300. The number of nitrogens with zero attached hydrogens (tertiary/aromatic N) is 2. The standard InChI is InChI=1S/C20H22ClN3O2/c1-15(25)16-6-8-17(9-7-16)22-20(26)14-23-10-12-24(13-11-23)19-5-3-2-4-18(19)21/h2-9H,10-14H2,1H3,(H,22,26). The molecule has 1 heterocycles. The maximum Gasteiger partial charge on any atom is 0.238 e. The lowest BCUT2D eigenvalue weighted by Crippen LogP contribution is -2.48. The Bertz CT molecular complexity index is 784. The lowest BCUT2D eigenvalue weighted by molar-refractivity contribution is -0.117. The third-order valence-corrected chi connectivity index (χ3v) is 4.83. The minimum atomic E-state index is -0.0493. The highest BCUT2D eigenvalue weighted by molar-refractivity contribution is 6.33. The number of benzene rings is 2. The van der Waals surface area contributed by atoms with Gasteiger partial charge >= 0.3 is 0 Å². The summed E-state index contributed by atoms with van der Waals surface area (Å²) in [6.07, 6.45) is 0. The molecule has 1 aliphatic heterocycles. The van der Waals surface area contributed by atoms with E-state index in [0.717, 1.165) is 36.9 Å². The fourth-order valence-electron chi connectivity index (χ4n) is 3.05. The number of ketones is 1. The lowest BCUT2D eigenvalue weighted by atomic mass is 10.1. The largest absolute Gasteiger partial charge is 0.368 e. The van der Waals surface area contributed by atoms with E-state index in [1.54, 1.807) is 24.3 Å². The van der Waals surface area contributed by atoms with Crippen molar-refractivity contribution in [2.75, 3.05) is 42.9 Å². The summed E-state index contributed by atoms with van der Waals surface area (Å²) in [5.41, 5.74) is 2.39. The first kappa shape index (κ1) is 18.4. The Morgan fingerprint density at radius 3 is 2.27 bits per heavy atom. The summed E-state index contributed by atoms with van der Waals surface area (Å²) >= 11 is 6.26. The van der Waals surface area contributed by atoms with Crippen LogP contribution in [-0.4, -0.2) is 49.3 Å². The number of halogens is 1. The van der Waals surface area contributed by atoms with Gasteiger partial charge in [0.05, 0.1) is 17.3 Å². The summed E-state index contributed by atoms with van der Waals surface area (Å²) < 4.78 is 0. The van der Waals surface area contributed by atoms with Gasteiger partial charge in [-0.1, -0.05) is 23.7 Å². The molecule has 0 aliphatic carbocycles. The molecular weight excluding hydrogens is 350 g/mol. The molecule has 1 aliphatic rings. The molecule has 0 spiro atoms. The van der Waals surface area contributed by atoms with Crippen LogP contribution in [-0.2, 0) is 4.79 Å². The van der Waals surface area contributed by atoms with Crippen LogP contribution in [0.1, 0.15) is 17.3 Å². The van der Waals surface area contributed by atoms with Crippen molar-refractivity contribution in [3.05, 3.63) is 59.1 Å². The fourth-order valence-corrected chi connectivity index (χ4v) is 3.30. The summed E-state index contributed by atoms with van der Waals surface area (Å²) in [6, 6.07) is 14.8. The second kappa shape index (κ2) is 8.34. The molecule has 0 radical (unpaired) electrons. The normalized spacial score (nSPS) is 14.9. The van der Waals surface area contributed by atoms with Crippen LogP contribution in [0.3, 0.4) is 0 Å². The van der Waals surface area contributed by atoms with Crippen LogP contribution in [0, 0.1) is 0 Å². The van der Waals surface area contributed by atoms with Crippen molar-refractivity contribution in [1.82, 2.24) is 4.90 Å². The van der Waals surface area contributed by atoms with E-state index < -0.39 is 0 Å². The van der Waals surface area contributed by atoms with Gasteiger partial charge < -0.3 is 10.2 Å². The molecule has 2 aromatic carbocycles. The monoisotopic (exact) mass is 371 g/mol. The summed E-state index contributed by atoms with van der Waals surface area (Å²) in [5, 5.41) is 3.64. The zero-order valence-corrected chi connectivity index (χ0v) is 15.5. The Balaban J connectivity index is 1.49. The molecule has 2 aromatic rings. The molecule has 1 N–H and O–H groups in total. The van der Waals surface area contributed by atoms with Crippen LogP contribution in [0.15, 0.2) is 48.5 Å². The second-order valence-electron chi connectivity index (χ2n) is 6.40. The van der Waals surface area contributed by atoms with E-state index in [9.17, 15) is 9.59 Å². The van der Waals surface area contributed by atoms with E-state index in [-0.39, 0.29) is 11.7 Å². The molecule has 6 heteroatoms. The summed E-state index contributed by atoms with van der Waals surface area (Å²) in [4.78, 5) is 27.9. The predicted octanol–water partition coefficient (Wildman–Crippen LogP) is 3.30. The van der Waals surface area contributed by atoms with Gasteiger partial charge in [0.15, 0.2) is 5.78 Å². The number of hydrogen-bond donors (Lipinski definition) is 1. The molecule has 136 valence electrons. The summed E-state index contributed by atoms with van der Waals surface area (Å²) in [7, 11) is 0. The molecule has 0 bridgehead atoms. The number of amides is 1. The number of nitrogens with one attached hydrogen (secondary N) is 1. The van der Waals surface area contributed by atoms with Gasteiger partial charge in [0, 0.05) is 37.4 Å². The van der Waals surface area contributed by atoms with Crippen molar-refractivity contribution in [2.45, 2.75) is 6.92 Å². The van der Waals surface area contributed by atoms with E-state index in [1.807, 2.05) is 24.3 Å². The van der Waals surface area contributed by atoms with Crippen molar-refractivity contribution >= 4 is 34.7 Å². The van der Waals surface area contributed by atoms with Crippen LogP contribution < -0.4 is 10.2 Å². The maximum atomic E-state index is 12.3. The Kier molecular flexibility index (Phi) is 5.91. The Labute approximate surface area is 158 Å². The van der Waals surface area contributed by atoms with Crippen LogP contribution in [0.5, 0.6) is 0 Å². The molecule has 1 fully saturated rings. The third kappa shape index (κ3) is 4.62. The zero-order valence-electron chi connectivity index (χ0n) is 14.7. The summed E-state index contributed by atoms with van der Waals surface area (Å²) in [5.74, 6) is -0.0361. The topological polar surface area (TPSA) is 52.7 Å². The van der Waals surface area contributed by atoms with Gasteiger partial charge in [-0.05, 0) is 43.3 Å². The van der Waals surface area contributed by atoms with Crippen molar-refractivity contribution in [3.63, 3.8) is 0 Å². The van der Waals surface area contributed by atoms with Crippen molar-refractivity contribution in [2.24, 2.45) is 0 Å². The minimum Gasteiger partial charge on any atom is -0.368 e. The molecule has 1 amide bonds. The van der Waals surface area contributed by atoms with Gasteiger partial charge in [0.2, 0.25) is 5.91 Å². The van der Waals surface area contributed by atoms with Crippen LogP contribution in [0.4, 0.5) is 11.4 Å². The Morgan fingerprint density at radius 1 is 1.00 bits per heavy atom. The molecule has 26 heavy (non-hydrogen) atoms. The number of piperazine rings is 1. The van der Waals surface area contributed by atoms with E-state index in [1.165, 1.54) is 6.92 Å². The highest BCUT2D eigenvalue weighted by Crippen LogP contribution is 2.25. The highest BCUT2D eigenvalue weighted by Gasteiger charge is 2.20. The van der Waals surface area contributed by atoms with Gasteiger partial charge in [-0.2, -0.15) is 0 Å². The average Bonchev–Trinajstić information content (AvgIpc) is 2.63. The molecular formula is C20H22ClN3O2. The van der Waals surface area contributed by atoms with Gasteiger partial charge in [-0.25, -0.2) is 0 Å². The Hall–Kier alpha value is -2.37. The highest BCUT2D eigenvalue weighted by atomic mass is 35.5. The van der Waals surface area contributed by atoms with Crippen LogP contribution >= 0.6 is 11.6 Å². The first-order valence-corrected chi connectivity index (χ1v) is 9.03. The van der Waals surface area contributed by atoms with Crippen LogP contribution in [0.25, 0.3) is 0 Å². The number of anilines is 2. The van der Waals surface area contributed by atoms with E-state index in [4.69, 9.17) is 11.6 Å². The lowest BCUT2D eigenvalue weighted by Gasteiger charge is -2.36. The number of para-hydroxylation sites is 1. The number of carbonyl (C=O) groups excluding carboxylic acids is 2. The van der Waals surface area contributed by atoms with Crippen molar-refractivity contribution < 1.29 is 9.59 Å². The summed E-state index contributed by atoms with van der Waals surface area (Å²) in [6.45, 7) is 5.17. The molecule has 0 aromatic heterocycles. The first-order chi connectivity index (χ1) is 12.5. The molecule has 0 unspecified atom stereocenters. The number of hydrogen-bond acceptors (Lipinski definition) is 4. The zero-order chi connectivity index (χ0) is 18.5. The van der Waals surface area contributed by atoms with Gasteiger partial charge in [0.25, 0.3) is 0 Å². The van der Waals surface area contributed by atoms with Crippen LogP contribution in [0.2, 0.25) is 5.02 Å². The Morgan fingerprint density at radius 2 is 1.65 bits per heavy atom. The van der Waals surface area contributed by atoms with Crippen molar-refractivity contribution in [1.29, 1.82) is 0 Å². The van der Waals surface area contributed by atoms with Gasteiger partial charge in [-0.3, -0.25) is 14.5 Å². The minimum absolute atomic E-state index is 0.0132. The van der Waals surface area contributed by atoms with Gasteiger partial charge in [-0.15, -0.1) is 0 Å². The predicted molar refractivity (Wildman–Crippen MR) is 105 cm³/mol. The molecule has 5 nitrogen and oxygen atoms in total. The number of carbonyl (C=O) groups is 2. The average molecular weight is 372 g/mol. The molecule has 3 rings (SSSR count). The number of Topliss-reactive ketones (excluding diaryl/α,β-unsaturated/α-hetero) is 1. The molecule has 1 saturated heterocycles. The molecule has 0 atom stereocenters.